The summed E-state index contributed by atoms with van der Waals surface area (Å²) >= 11 is 0. The molecular formula is C20H19N3O6. The van der Waals surface area contributed by atoms with Crippen LogP contribution in [0.15, 0.2) is 51.7 Å². The number of hydrogen-bond donors (Lipinski definition) is 2. The van der Waals surface area contributed by atoms with Crippen LogP contribution in [0.1, 0.15) is 17.0 Å². The average Bonchev–Trinajstić information content (AvgIpc) is 3.09. The molecule has 2 aliphatic rings. The lowest BCUT2D eigenvalue weighted by Gasteiger charge is -2.29. The van der Waals surface area contributed by atoms with E-state index in [4.69, 9.17) is 14.2 Å². The van der Waals surface area contributed by atoms with Crippen LogP contribution in [0.4, 0.5) is 5.82 Å². The fraction of sp³-hybridized carbons (Fsp3) is 0.250. The quantitative estimate of drug-likeness (QED) is 0.574. The minimum Gasteiger partial charge on any atom is -0.493 e. The van der Waals surface area contributed by atoms with Crippen LogP contribution in [0.25, 0.3) is 0 Å². The Morgan fingerprint density at radius 3 is 2.76 bits per heavy atom. The minimum absolute atomic E-state index is 0.0193. The molecule has 2 aliphatic heterocycles. The van der Waals surface area contributed by atoms with Crippen molar-refractivity contribution in [2.24, 2.45) is 0 Å². The third-order valence-electron chi connectivity index (χ3n) is 5.03. The number of para-hydroxylation sites is 1. The maximum absolute atomic E-state index is 12.9. The number of methoxy groups -OCH3 is 2. The Morgan fingerprint density at radius 1 is 1.28 bits per heavy atom. The van der Waals surface area contributed by atoms with E-state index in [-0.39, 0.29) is 18.7 Å². The molecule has 29 heavy (non-hydrogen) atoms. The molecule has 9 nitrogen and oxygen atoms in total. The molecule has 1 atom stereocenters. The molecule has 0 saturated heterocycles. The third kappa shape index (κ3) is 2.74. The number of hydrogen-bond acceptors (Lipinski definition) is 7. The Morgan fingerprint density at radius 2 is 2.07 bits per heavy atom. The molecule has 0 bridgehead atoms. The molecule has 2 aromatic rings. The van der Waals surface area contributed by atoms with Gasteiger partial charge in [0.05, 0.1) is 37.0 Å². The number of aromatic amines is 1. The number of carbonyl (C=O) groups excluding carboxylic acids is 1. The van der Waals surface area contributed by atoms with Crippen LogP contribution in [-0.4, -0.2) is 36.3 Å². The van der Waals surface area contributed by atoms with Crippen molar-refractivity contribution < 1.29 is 19.0 Å². The highest BCUT2D eigenvalue weighted by Crippen LogP contribution is 2.47. The Labute approximate surface area is 165 Å². The zero-order valence-corrected chi connectivity index (χ0v) is 15.9. The zero-order valence-electron chi connectivity index (χ0n) is 15.9. The zero-order chi connectivity index (χ0) is 20.7. The summed E-state index contributed by atoms with van der Waals surface area (Å²) < 4.78 is 17.5. The summed E-state index contributed by atoms with van der Waals surface area (Å²) in [6.07, 6.45) is 1.54. The Bertz CT molecular complexity index is 1170. The lowest BCUT2D eigenvalue weighted by atomic mass is 9.82. The van der Waals surface area contributed by atoms with Crippen molar-refractivity contribution in [2.75, 3.05) is 26.1 Å². The number of benzene rings is 1. The number of fused-ring (bicyclic) bond motifs is 1. The van der Waals surface area contributed by atoms with E-state index in [0.29, 0.717) is 34.2 Å². The first kappa shape index (κ1) is 18.6. The van der Waals surface area contributed by atoms with E-state index in [1.807, 2.05) is 0 Å². The van der Waals surface area contributed by atoms with Gasteiger partial charge in [0.25, 0.3) is 5.56 Å². The van der Waals surface area contributed by atoms with Crippen molar-refractivity contribution in [1.82, 2.24) is 9.55 Å². The number of carbonyl (C=O) groups is 1. The number of H-pyrrole nitrogens is 1. The van der Waals surface area contributed by atoms with Crippen LogP contribution < -0.4 is 26.0 Å². The number of aromatic nitrogens is 2. The van der Waals surface area contributed by atoms with Crippen molar-refractivity contribution in [3.05, 3.63) is 74.1 Å². The van der Waals surface area contributed by atoms with Gasteiger partial charge < -0.3 is 19.5 Å². The molecule has 0 radical (unpaired) electrons. The molecule has 0 aliphatic carbocycles. The number of rotatable bonds is 5. The van der Waals surface area contributed by atoms with E-state index in [1.54, 1.807) is 24.3 Å². The lowest BCUT2D eigenvalue weighted by Crippen LogP contribution is -2.38. The van der Waals surface area contributed by atoms with Crippen molar-refractivity contribution in [3.63, 3.8) is 0 Å². The van der Waals surface area contributed by atoms with Gasteiger partial charge >= 0.3 is 11.7 Å². The second kappa shape index (κ2) is 7.01. The van der Waals surface area contributed by atoms with Gasteiger partial charge in [-0.25, -0.2) is 9.59 Å². The van der Waals surface area contributed by atoms with Gasteiger partial charge in [0.1, 0.15) is 12.4 Å². The molecule has 0 spiro atoms. The highest BCUT2D eigenvalue weighted by atomic mass is 16.5. The van der Waals surface area contributed by atoms with Crippen molar-refractivity contribution >= 4 is 11.8 Å². The van der Waals surface area contributed by atoms with Crippen LogP contribution in [0, 0.1) is 0 Å². The van der Waals surface area contributed by atoms with Gasteiger partial charge in [-0.05, 0) is 6.07 Å². The van der Waals surface area contributed by atoms with E-state index in [0.717, 1.165) is 0 Å². The molecule has 4 rings (SSSR count). The predicted octanol–water partition coefficient (Wildman–Crippen LogP) is 1.11. The molecular weight excluding hydrogens is 378 g/mol. The number of nitrogens with one attached hydrogen (secondary N) is 2. The van der Waals surface area contributed by atoms with Crippen LogP contribution in [-0.2, 0) is 16.1 Å². The fourth-order valence-corrected chi connectivity index (χ4v) is 3.84. The second-order valence-corrected chi connectivity index (χ2v) is 6.53. The summed E-state index contributed by atoms with van der Waals surface area (Å²) in [4.78, 5) is 40.2. The van der Waals surface area contributed by atoms with Crippen LogP contribution in [0.3, 0.4) is 0 Å². The molecule has 2 N–H and O–H groups in total. The van der Waals surface area contributed by atoms with Gasteiger partial charge in [-0.2, -0.15) is 0 Å². The number of esters is 1. The second-order valence-electron chi connectivity index (χ2n) is 6.53. The first-order chi connectivity index (χ1) is 14.0. The van der Waals surface area contributed by atoms with E-state index >= 15 is 0 Å². The molecule has 0 saturated carbocycles. The SMILES string of the molecule is C=CCn1c2c(c(=O)[nH]c1=O)[C@H](c1cccc(OC)c1OC)C1=C(COC1=O)N2. The number of cyclic esters (lactones) is 1. The maximum atomic E-state index is 12.9. The highest BCUT2D eigenvalue weighted by Gasteiger charge is 2.42. The normalized spacial score (nSPS) is 17.2. The molecule has 0 fully saturated rings. The van der Waals surface area contributed by atoms with Gasteiger partial charge in [0.2, 0.25) is 0 Å². The minimum atomic E-state index is -0.804. The standard InChI is InChI=1S/C20H19N3O6/c1-4-8-23-17-15(18(24)22-20(23)26)13(14-11(21-17)9-29-19(14)25)10-6-5-7-12(27-2)16(10)28-3/h4-7,13,21H,1,8-9H2,2-3H3,(H,22,24,26)/t13-/m1/s1. The molecule has 1 aromatic heterocycles. The largest absolute Gasteiger partial charge is 0.493 e. The number of ether oxygens (including phenoxy) is 3. The van der Waals surface area contributed by atoms with Gasteiger partial charge in [0, 0.05) is 12.1 Å². The Balaban J connectivity index is 2.08. The smallest absolute Gasteiger partial charge is 0.337 e. The number of anilines is 1. The summed E-state index contributed by atoms with van der Waals surface area (Å²) in [5.41, 5.74) is 0.398. The average molecular weight is 397 g/mol. The summed E-state index contributed by atoms with van der Waals surface area (Å²) in [5, 5.41) is 3.05. The Hall–Kier alpha value is -3.75. The fourth-order valence-electron chi connectivity index (χ4n) is 3.84. The number of nitrogens with zero attached hydrogens (tertiary/aromatic N) is 1. The first-order valence-corrected chi connectivity index (χ1v) is 8.87. The van der Waals surface area contributed by atoms with Crippen molar-refractivity contribution in [2.45, 2.75) is 12.5 Å². The van der Waals surface area contributed by atoms with Crippen LogP contribution in [0.2, 0.25) is 0 Å². The summed E-state index contributed by atoms with van der Waals surface area (Å²) in [6.45, 7) is 3.86. The maximum Gasteiger partial charge on any atom is 0.337 e. The summed E-state index contributed by atoms with van der Waals surface area (Å²) in [7, 11) is 2.98. The van der Waals surface area contributed by atoms with Crippen LogP contribution >= 0.6 is 0 Å². The molecule has 3 heterocycles. The molecule has 150 valence electrons. The highest BCUT2D eigenvalue weighted by molar-refractivity contribution is 5.97. The summed E-state index contributed by atoms with van der Waals surface area (Å²) in [6, 6.07) is 5.21. The van der Waals surface area contributed by atoms with Gasteiger partial charge in [-0.3, -0.25) is 14.3 Å². The Kier molecular flexibility index (Phi) is 4.50. The van der Waals surface area contributed by atoms with Gasteiger partial charge in [-0.15, -0.1) is 6.58 Å². The van der Waals surface area contributed by atoms with E-state index in [9.17, 15) is 14.4 Å². The van der Waals surface area contributed by atoms with Gasteiger partial charge in [0.15, 0.2) is 11.5 Å². The first-order valence-electron chi connectivity index (χ1n) is 8.87. The monoisotopic (exact) mass is 397 g/mol. The number of allylic oxidation sites excluding steroid dienone is 1. The summed E-state index contributed by atoms with van der Waals surface area (Å²) in [5.74, 6) is -0.198. The van der Waals surface area contributed by atoms with E-state index < -0.39 is 23.1 Å². The van der Waals surface area contributed by atoms with E-state index in [2.05, 4.69) is 16.9 Å². The van der Waals surface area contributed by atoms with Crippen molar-refractivity contribution in [1.29, 1.82) is 0 Å². The van der Waals surface area contributed by atoms with E-state index in [1.165, 1.54) is 18.8 Å². The van der Waals surface area contributed by atoms with Crippen molar-refractivity contribution in [3.8, 4) is 11.5 Å². The van der Waals surface area contributed by atoms with Gasteiger partial charge in [-0.1, -0.05) is 18.2 Å². The molecule has 9 heteroatoms. The predicted molar refractivity (Wildman–Crippen MR) is 105 cm³/mol. The topological polar surface area (TPSA) is 112 Å². The lowest BCUT2D eigenvalue weighted by molar-refractivity contribution is -0.136. The third-order valence-corrected chi connectivity index (χ3v) is 5.03. The molecule has 0 amide bonds. The van der Waals surface area contributed by atoms with Crippen LogP contribution in [0.5, 0.6) is 11.5 Å². The molecule has 0 unspecified atom stereocenters. The molecule has 1 aromatic carbocycles.